The minimum absolute atomic E-state index is 0.384. The Balaban J connectivity index is 2.45. The topological polar surface area (TPSA) is 24.9 Å². The van der Waals surface area contributed by atoms with Gasteiger partial charge in [-0.05, 0) is 37.7 Å². The Hall–Kier alpha value is -1.81. The molecule has 2 rings (SSSR count). The number of hydrogen-bond donors (Lipinski definition) is 1. The van der Waals surface area contributed by atoms with Gasteiger partial charge < -0.3 is 5.32 Å². The van der Waals surface area contributed by atoms with Crippen molar-refractivity contribution in [2.24, 2.45) is 0 Å². The SMILES string of the molecule is CNC(c1cc(C)ccn1)c1ccc(F)cc1F. The summed E-state index contributed by atoms with van der Waals surface area (Å²) in [6.45, 7) is 1.94. The highest BCUT2D eigenvalue weighted by Crippen LogP contribution is 2.23. The molecule has 0 bridgehead atoms. The molecule has 0 saturated carbocycles. The fraction of sp³-hybridized carbons (Fsp3) is 0.214. The first-order valence-electron chi connectivity index (χ1n) is 5.66. The lowest BCUT2D eigenvalue weighted by molar-refractivity contribution is 0.548. The fourth-order valence-corrected chi connectivity index (χ4v) is 1.92. The van der Waals surface area contributed by atoms with Gasteiger partial charge in [-0.25, -0.2) is 8.78 Å². The zero-order valence-electron chi connectivity index (χ0n) is 10.2. The van der Waals surface area contributed by atoms with Crippen molar-refractivity contribution in [3.8, 4) is 0 Å². The summed E-state index contributed by atoms with van der Waals surface area (Å²) in [5, 5.41) is 3.00. The minimum atomic E-state index is -0.580. The highest BCUT2D eigenvalue weighted by atomic mass is 19.1. The number of pyridine rings is 1. The second-order valence-corrected chi connectivity index (χ2v) is 4.15. The molecule has 1 N–H and O–H groups in total. The minimum Gasteiger partial charge on any atom is -0.308 e. The Morgan fingerprint density at radius 3 is 2.56 bits per heavy atom. The molecular weight excluding hydrogens is 234 g/mol. The maximum absolute atomic E-state index is 13.8. The number of benzene rings is 1. The van der Waals surface area contributed by atoms with Crippen molar-refractivity contribution >= 4 is 0 Å². The maximum atomic E-state index is 13.8. The number of halogens is 2. The number of nitrogens with one attached hydrogen (secondary N) is 1. The van der Waals surface area contributed by atoms with Gasteiger partial charge in [0.25, 0.3) is 0 Å². The van der Waals surface area contributed by atoms with Crippen molar-refractivity contribution < 1.29 is 8.78 Å². The summed E-state index contributed by atoms with van der Waals surface area (Å²) in [4.78, 5) is 4.23. The lowest BCUT2D eigenvalue weighted by Crippen LogP contribution is -2.20. The highest BCUT2D eigenvalue weighted by molar-refractivity contribution is 5.30. The molecule has 1 aromatic heterocycles. The molecule has 0 radical (unpaired) electrons. The average Bonchev–Trinajstić information content (AvgIpc) is 2.33. The second-order valence-electron chi connectivity index (χ2n) is 4.15. The Bertz CT molecular complexity index is 555. The summed E-state index contributed by atoms with van der Waals surface area (Å²) in [5.41, 5.74) is 2.14. The molecule has 0 saturated heterocycles. The van der Waals surface area contributed by atoms with E-state index in [4.69, 9.17) is 0 Å². The predicted octanol–water partition coefficient (Wildman–Crippen LogP) is 2.98. The molecule has 4 heteroatoms. The maximum Gasteiger partial charge on any atom is 0.131 e. The summed E-state index contributed by atoms with van der Waals surface area (Å²) in [6, 6.07) is 6.94. The number of rotatable bonds is 3. The lowest BCUT2D eigenvalue weighted by atomic mass is 10.0. The van der Waals surface area contributed by atoms with Gasteiger partial charge in [-0.2, -0.15) is 0 Å². The first-order chi connectivity index (χ1) is 8.61. The van der Waals surface area contributed by atoms with Gasteiger partial charge >= 0.3 is 0 Å². The van der Waals surface area contributed by atoms with Crippen LogP contribution in [0.1, 0.15) is 22.9 Å². The van der Waals surface area contributed by atoms with Crippen LogP contribution in [-0.2, 0) is 0 Å². The van der Waals surface area contributed by atoms with Crippen LogP contribution in [0.15, 0.2) is 36.5 Å². The molecule has 0 fully saturated rings. The Kier molecular flexibility index (Phi) is 3.67. The normalized spacial score (nSPS) is 12.4. The van der Waals surface area contributed by atoms with E-state index in [1.807, 2.05) is 19.1 Å². The first-order valence-corrected chi connectivity index (χ1v) is 5.66. The van der Waals surface area contributed by atoms with E-state index in [1.54, 1.807) is 13.2 Å². The highest BCUT2D eigenvalue weighted by Gasteiger charge is 2.17. The van der Waals surface area contributed by atoms with Crippen molar-refractivity contribution in [3.05, 3.63) is 65.0 Å². The van der Waals surface area contributed by atoms with E-state index in [9.17, 15) is 8.78 Å². The third kappa shape index (κ3) is 2.54. The monoisotopic (exact) mass is 248 g/mol. The molecule has 0 spiro atoms. The van der Waals surface area contributed by atoms with Gasteiger partial charge in [-0.3, -0.25) is 4.98 Å². The zero-order valence-corrected chi connectivity index (χ0v) is 10.2. The molecule has 1 atom stereocenters. The van der Waals surface area contributed by atoms with Gasteiger partial charge in [0.15, 0.2) is 0 Å². The second kappa shape index (κ2) is 5.23. The van der Waals surface area contributed by atoms with Crippen LogP contribution in [0.2, 0.25) is 0 Å². The largest absolute Gasteiger partial charge is 0.308 e. The van der Waals surface area contributed by atoms with Crippen molar-refractivity contribution in [1.29, 1.82) is 0 Å². The molecular formula is C14H14F2N2. The van der Waals surface area contributed by atoms with Crippen LogP contribution in [0.5, 0.6) is 0 Å². The molecule has 1 heterocycles. The summed E-state index contributed by atoms with van der Waals surface area (Å²) >= 11 is 0. The standard InChI is InChI=1S/C14H14F2N2/c1-9-5-6-18-13(7-9)14(17-2)11-4-3-10(15)8-12(11)16/h3-8,14,17H,1-2H3. The van der Waals surface area contributed by atoms with Gasteiger partial charge in [-0.1, -0.05) is 6.07 Å². The third-order valence-electron chi connectivity index (χ3n) is 2.79. The molecule has 2 aromatic rings. The van der Waals surface area contributed by atoms with E-state index < -0.39 is 11.6 Å². The molecule has 18 heavy (non-hydrogen) atoms. The van der Waals surface area contributed by atoms with Crippen molar-refractivity contribution in [3.63, 3.8) is 0 Å². The lowest BCUT2D eigenvalue weighted by Gasteiger charge is -2.17. The smallest absolute Gasteiger partial charge is 0.131 e. The van der Waals surface area contributed by atoms with Crippen LogP contribution < -0.4 is 5.32 Å². The summed E-state index contributed by atoms with van der Waals surface area (Å²) < 4.78 is 26.7. The third-order valence-corrected chi connectivity index (χ3v) is 2.79. The van der Waals surface area contributed by atoms with Crippen LogP contribution in [0.25, 0.3) is 0 Å². The van der Waals surface area contributed by atoms with Crippen molar-refractivity contribution in [1.82, 2.24) is 10.3 Å². The van der Waals surface area contributed by atoms with E-state index in [-0.39, 0.29) is 6.04 Å². The van der Waals surface area contributed by atoms with Crippen LogP contribution in [0.4, 0.5) is 8.78 Å². The van der Waals surface area contributed by atoms with Gasteiger partial charge in [0, 0.05) is 17.8 Å². The molecule has 0 aliphatic carbocycles. The van der Waals surface area contributed by atoms with Crippen LogP contribution in [0, 0.1) is 18.6 Å². The van der Waals surface area contributed by atoms with E-state index >= 15 is 0 Å². The Labute approximate surface area is 105 Å². The molecule has 1 aromatic carbocycles. The van der Waals surface area contributed by atoms with Gasteiger partial charge in [0.2, 0.25) is 0 Å². The number of hydrogen-bond acceptors (Lipinski definition) is 2. The summed E-state index contributed by atoms with van der Waals surface area (Å²) in [7, 11) is 1.72. The van der Waals surface area contributed by atoms with E-state index in [1.165, 1.54) is 12.1 Å². The van der Waals surface area contributed by atoms with Gasteiger partial charge in [0.1, 0.15) is 11.6 Å². The molecule has 2 nitrogen and oxygen atoms in total. The quantitative estimate of drug-likeness (QED) is 0.903. The Morgan fingerprint density at radius 2 is 1.94 bits per heavy atom. The van der Waals surface area contributed by atoms with Crippen LogP contribution in [-0.4, -0.2) is 12.0 Å². The van der Waals surface area contributed by atoms with Crippen LogP contribution in [0.3, 0.4) is 0 Å². The fourth-order valence-electron chi connectivity index (χ4n) is 1.92. The van der Waals surface area contributed by atoms with E-state index in [0.29, 0.717) is 11.3 Å². The average molecular weight is 248 g/mol. The van der Waals surface area contributed by atoms with Gasteiger partial charge in [-0.15, -0.1) is 0 Å². The van der Waals surface area contributed by atoms with Crippen LogP contribution >= 0.6 is 0 Å². The van der Waals surface area contributed by atoms with Crippen molar-refractivity contribution in [2.45, 2.75) is 13.0 Å². The molecule has 1 unspecified atom stereocenters. The van der Waals surface area contributed by atoms with E-state index in [2.05, 4.69) is 10.3 Å². The number of nitrogens with zero attached hydrogens (tertiary/aromatic N) is 1. The molecule has 0 aliphatic heterocycles. The summed E-state index contributed by atoms with van der Waals surface area (Å²) in [6.07, 6.45) is 1.68. The van der Waals surface area contributed by atoms with E-state index in [0.717, 1.165) is 11.6 Å². The van der Waals surface area contributed by atoms with Crippen molar-refractivity contribution in [2.75, 3.05) is 7.05 Å². The number of aryl methyl sites for hydroxylation is 1. The molecule has 0 aliphatic rings. The molecule has 94 valence electrons. The van der Waals surface area contributed by atoms with Gasteiger partial charge in [0.05, 0.1) is 11.7 Å². The number of aromatic nitrogens is 1. The summed E-state index contributed by atoms with van der Waals surface area (Å²) in [5.74, 6) is -1.15. The predicted molar refractivity (Wildman–Crippen MR) is 66.2 cm³/mol. The molecule has 0 amide bonds. The first kappa shape index (κ1) is 12.6. The zero-order chi connectivity index (χ0) is 13.1. The Morgan fingerprint density at radius 1 is 1.17 bits per heavy atom.